The summed E-state index contributed by atoms with van der Waals surface area (Å²) in [5, 5.41) is 5.68. The first-order valence-electron chi connectivity index (χ1n) is 9.18. The number of thiophene rings is 1. The largest absolute Gasteiger partial charge is 0.497 e. The van der Waals surface area contributed by atoms with E-state index in [0.717, 1.165) is 11.3 Å². The number of nitrogens with two attached hydrogens (primary N) is 1. The predicted molar refractivity (Wildman–Crippen MR) is 120 cm³/mol. The lowest BCUT2D eigenvalue weighted by Crippen LogP contribution is -2.14. The van der Waals surface area contributed by atoms with Crippen LogP contribution in [0.3, 0.4) is 0 Å². The average Bonchev–Trinajstić information content (AvgIpc) is 3.09. The molecule has 0 atom stereocenters. The number of methoxy groups -OCH3 is 2. The summed E-state index contributed by atoms with van der Waals surface area (Å²) in [6.07, 6.45) is 0. The average molecular weight is 439 g/mol. The van der Waals surface area contributed by atoms with Crippen LogP contribution in [0.1, 0.15) is 36.0 Å². The number of anilines is 3. The minimum Gasteiger partial charge on any atom is -0.497 e. The van der Waals surface area contributed by atoms with Crippen LogP contribution < -0.4 is 21.1 Å². The number of carbonyl (C=O) groups is 3. The summed E-state index contributed by atoms with van der Waals surface area (Å²) in [4.78, 5) is 38.2. The molecule has 0 fully saturated rings. The number of esters is 1. The van der Waals surface area contributed by atoms with Gasteiger partial charge in [0.2, 0.25) is 0 Å². The van der Waals surface area contributed by atoms with Crippen molar-refractivity contribution < 1.29 is 23.9 Å². The van der Waals surface area contributed by atoms with Gasteiger partial charge in [-0.3, -0.25) is 9.59 Å². The molecular formula is C22H21N3O5S. The highest BCUT2D eigenvalue weighted by atomic mass is 32.1. The van der Waals surface area contributed by atoms with Crippen molar-refractivity contribution in [2.75, 3.05) is 30.6 Å². The Hall–Kier alpha value is -3.85. The van der Waals surface area contributed by atoms with Gasteiger partial charge in [-0.25, -0.2) is 4.79 Å². The standard InChI is InChI=1S/C22H21N3O5S/c1-12-17(22(28)30-3)21(25-19(26)13-6-4-7-14(23)10-13)31-18(12)20(27)24-15-8-5-9-16(11-15)29-2/h4-11H,23H2,1-3H3,(H,24,27)(H,25,26). The molecule has 31 heavy (non-hydrogen) atoms. The molecule has 1 heterocycles. The van der Waals surface area contributed by atoms with Crippen molar-refractivity contribution in [3.05, 3.63) is 70.1 Å². The second kappa shape index (κ2) is 9.31. The summed E-state index contributed by atoms with van der Waals surface area (Å²) in [7, 11) is 2.77. The normalized spacial score (nSPS) is 10.3. The summed E-state index contributed by atoms with van der Waals surface area (Å²) >= 11 is 0.987. The number of ether oxygens (including phenoxy) is 2. The van der Waals surface area contributed by atoms with Gasteiger partial charge in [-0.2, -0.15) is 0 Å². The fourth-order valence-corrected chi connectivity index (χ4v) is 4.00. The maximum atomic E-state index is 12.9. The van der Waals surface area contributed by atoms with Crippen molar-refractivity contribution in [2.24, 2.45) is 0 Å². The van der Waals surface area contributed by atoms with Crippen LogP contribution in [0.5, 0.6) is 5.75 Å². The molecule has 0 aliphatic rings. The fourth-order valence-electron chi connectivity index (χ4n) is 2.91. The van der Waals surface area contributed by atoms with Crippen LogP contribution in [0.2, 0.25) is 0 Å². The smallest absolute Gasteiger partial charge is 0.341 e. The highest BCUT2D eigenvalue weighted by Crippen LogP contribution is 2.34. The van der Waals surface area contributed by atoms with Crippen LogP contribution in [0, 0.1) is 6.92 Å². The SMILES string of the molecule is COC(=O)c1c(NC(=O)c2cccc(N)c2)sc(C(=O)Nc2cccc(OC)c2)c1C. The Labute approximate surface area is 183 Å². The number of nitrogens with one attached hydrogen (secondary N) is 2. The molecule has 3 rings (SSSR count). The third kappa shape index (κ3) is 4.84. The molecule has 2 amide bonds. The van der Waals surface area contributed by atoms with E-state index in [4.69, 9.17) is 15.2 Å². The molecule has 3 aromatic rings. The molecule has 8 nitrogen and oxygen atoms in total. The third-order valence-electron chi connectivity index (χ3n) is 4.45. The molecule has 0 unspecified atom stereocenters. The zero-order valence-corrected chi connectivity index (χ0v) is 18.0. The Balaban J connectivity index is 1.93. The Bertz CT molecular complexity index is 1160. The molecule has 0 aliphatic heterocycles. The number of rotatable bonds is 6. The van der Waals surface area contributed by atoms with Crippen LogP contribution in [0.25, 0.3) is 0 Å². The summed E-state index contributed by atoms with van der Waals surface area (Å²) < 4.78 is 10.0. The summed E-state index contributed by atoms with van der Waals surface area (Å²) in [6, 6.07) is 13.3. The molecule has 160 valence electrons. The Morgan fingerprint density at radius 3 is 2.39 bits per heavy atom. The van der Waals surface area contributed by atoms with Gasteiger partial charge in [0.15, 0.2) is 0 Å². The van der Waals surface area contributed by atoms with Gasteiger partial charge in [-0.15, -0.1) is 11.3 Å². The van der Waals surface area contributed by atoms with Crippen molar-refractivity contribution >= 4 is 45.5 Å². The number of hydrogen-bond acceptors (Lipinski definition) is 7. The van der Waals surface area contributed by atoms with E-state index < -0.39 is 17.8 Å². The number of carbonyl (C=O) groups excluding carboxylic acids is 3. The van der Waals surface area contributed by atoms with E-state index in [9.17, 15) is 14.4 Å². The van der Waals surface area contributed by atoms with Crippen molar-refractivity contribution in [1.29, 1.82) is 0 Å². The first kappa shape index (κ1) is 21.8. The van der Waals surface area contributed by atoms with Gasteiger partial charge < -0.3 is 25.8 Å². The van der Waals surface area contributed by atoms with Gasteiger partial charge in [-0.05, 0) is 42.8 Å². The zero-order valence-electron chi connectivity index (χ0n) is 17.1. The zero-order chi connectivity index (χ0) is 22.5. The van der Waals surface area contributed by atoms with Gasteiger partial charge in [0.05, 0.1) is 24.7 Å². The Morgan fingerprint density at radius 2 is 1.71 bits per heavy atom. The monoisotopic (exact) mass is 439 g/mol. The second-order valence-electron chi connectivity index (χ2n) is 6.52. The van der Waals surface area contributed by atoms with Crippen LogP contribution in [-0.2, 0) is 4.74 Å². The van der Waals surface area contributed by atoms with E-state index in [1.807, 2.05) is 0 Å². The van der Waals surface area contributed by atoms with Crippen LogP contribution in [-0.4, -0.2) is 32.0 Å². The van der Waals surface area contributed by atoms with Crippen molar-refractivity contribution in [3.8, 4) is 5.75 Å². The number of amides is 2. The van der Waals surface area contributed by atoms with E-state index in [2.05, 4.69) is 10.6 Å². The van der Waals surface area contributed by atoms with E-state index in [0.29, 0.717) is 28.3 Å². The van der Waals surface area contributed by atoms with Crippen molar-refractivity contribution in [2.45, 2.75) is 6.92 Å². The van der Waals surface area contributed by atoms with Gasteiger partial charge >= 0.3 is 5.97 Å². The van der Waals surface area contributed by atoms with Crippen LogP contribution >= 0.6 is 11.3 Å². The van der Waals surface area contributed by atoms with Crippen molar-refractivity contribution in [1.82, 2.24) is 0 Å². The number of nitrogen functional groups attached to an aromatic ring is 1. The molecule has 9 heteroatoms. The third-order valence-corrected chi connectivity index (χ3v) is 5.65. The highest BCUT2D eigenvalue weighted by molar-refractivity contribution is 7.19. The quantitative estimate of drug-likeness (QED) is 0.395. The van der Waals surface area contributed by atoms with Gasteiger partial charge in [0, 0.05) is 23.0 Å². The minimum absolute atomic E-state index is 0.126. The first-order chi connectivity index (χ1) is 14.8. The van der Waals surface area contributed by atoms with E-state index in [1.165, 1.54) is 20.3 Å². The number of benzene rings is 2. The van der Waals surface area contributed by atoms with Crippen LogP contribution in [0.4, 0.5) is 16.4 Å². The first-order valence-corrected chi connectivity index (χ1v) is 9.99. The molecule has 0 saturated heterocycles. The molecule has 1 aromatic heterocycles. The van der Waals surface area contributed by atoms with Crippen molar-refractivity contribution in [3.63, 3.8) is 0 Å². The van der Waals surface area contributed by atoms with Gasteiger partial charge in [0.25, 0.3) is 11.8 Å². The molecular weight excluding hydrogens is 418 g/mol. The summed E-state index contributed by atoms with van der Waals surface area (Å²) in [6.45, 7) is 1.62. The fraction of sp³-hybridized carbons (Fsp3) is 0.136. The maximum absolute atomic E-state index is 12.9. The predicted octanol–water partition coefficient (Wildman–Crippen LogP) is 3.94. The molecule has 0 bridgehead atoms. The Kier molecular flexibility index (Phi) is 6.56. The van der Waals surface area contributed by atoms with E-state index in [1.54, 1.807) is 49.4 Å². The highest BCUT2D eigenvalue weighted by Gasteiger charge is 2.26. The lowest BCUT2D eigenvalue weighted by molar-refractivity contribution is 0.0601. The molecule has 4 N–H and O–H groups in total. The molecule has 0 radical (unpaired) electrons. The number of hydrogen-bond donors (Lipinski definition) is 3. The Morgan fingerprint density at radius 1 is 0.968 bits per heavy atom. The molecule has 0 spiro atoms. The van der Waals surface area contributed by atoms with E-state index >= 15 is 0 Å². The molecule has 0 aliphatic carbocycles. The lowest BCUT2D eigenvalue weighted by Gasteiger charge is -2.07. The maximum Gasteiger partial charge on any atom is 0.341 e. The summed E-state index contributed by atoms with van der Waals surface area (Å²) in [5.74, 6) is -0.952. The van der Waals surface area contributed by atoms with Gasteiger partial charge in [0.1, 0.15) is 10.8 Å². The minimum atomic E-state index is -0.656. The molecule has 2 aromatic carbocycles. The van der Waals surface area contributed by atoms with Gasteiger partial charge in [-0.1, -0.05) is 12.1 Å². The van der Waals surface area contributed by atoms with E-state index in [-0.39, 0.29) is 15.4 Å². The second-order valence-corrected chi connectivity index (χ2v) is 7.54. The topological polar surface area (TPSA) is 120 Å². The van der Waals surface area contributed by atoms with Crippen LogP contribution in [0.15, 0.2) is 48.5 Å². The molecule has 0 saturated carbocycles. The lowest BCUT2D eigenvalue weighted by atomic mass is 10.1. The summed E-state index contributed by atoms with van der Waals surface area (Å²) in [5.41, 5.74) is 7.55.